The maximum Gasteiger partial charge on any atom is 0.0636 e. The first-order chi connectivity index (χ1) is 7.01. The smallest absolute Gasteiger partial charge is 0.0636 e. The Morgan fingerprint density at radius 3 is 2.67 bits per heavy atom. The Hall–Kier alpha value is -0.730. The van der Waals surface area contributed by atoms with Crippen LogP contribution in [0.25, 0.3) is 10.4 Å². The molecule has 0 aliphatic heterocycles. The zero-order chi connectivity index (χ0) is 11.5. The predicted octanol–water partition coefficient (Wildman–Crippen LogP) is 3.26. The topological polar surface area (TPSA) is 69.0 Å². The summed E-state index contributed by atoms with van der Waals surface area (Å²) >= 11 is 0. The Bertz CT molecular complexity index is 259. The lowest BCUT2D eigenvalue weighted by Crippen LogP contribution is -2.37. The van der Waals surface area contributed by atoms with Gasteiger partial charge in [-0.15, -0.1) is 0 Å². The summed E-state index contributed by atoms with van der Waals surface area (Å²) in [4.78, 5) is 2.82. The maximum absolute atomic E-state index is 9.69. The van der Waals surface area contributed by atoms with Gasteiger partial charge in [-0.1, -0.05) is 32.3 Å². The average Bonchev–Trinajstić information content (AvgIpc) is 2.21. The molecule has 1 aliphatic rings. The van der Waals surface area contributed by atoms with Gasteiger partial charge in [-0.25, -0.2) is 0 Å². The lowest BCUT2D eigenvalue weighted by molar-refractivity contribution is 0.0465. The van der Waals surface area contributed by atoms with Crippen molar-refractivity contribution in [2.45, 2.75) is 58.6 Å². The molecule has 1 aliphatic carbocycles. The van der Waals surface area contributed by atoms with Gasteiger partial charge >= 0.3 is 0 Å². The second-order valence-corrected chi connectivity index (χ2v) is 5.19. The van der Waals surface area contributed by atoms with Crippen molar-refractivity contribution in [3.05, 3.63) is 10.4 Å². The molecular weight excluding hydrogens is 190 g/mol. The van der Waals surface area contributed by atoms with E-state index in [0.717, 1.165) is 25.7 Å². The van der Waals surface area contributed by atoms with Crippen LogP contribution in [0.4, 0.5) is 0 Å². The Balaban J connectivity index is 2.69. The molecule has 0 aromatic carbocycles. The quantitative estimate of drug-likeness (QED) is 0.434. The molecule has 3 unspecified atom stereocenters. The van der Waals surface area contributed by atoms with Crippen LogP contribution in [0.2, 0.25) is 0 Å². The molecule has 0 heterocycles. The van der Waals surface area contributed by atoms with Crippen LogP contribution in [0.15, 0.2) is 5.11 Å². The van der Waals surface area contributed by atoms with E-state index in [0.29, 0.717) is 5.92 Å². The normalized spacial score (nSPS) is 32.1. The second kappa shape index (κ2) is 4.86. The van der Waals surface area contributed by atoms with Crippen LogP contribution in [-0.4, -0.2) is 17.3 Å². The largest absolute Gasteiger partial charge is 0.393 e. The number of hydrogen-bond acceptors (Lipinski definition) is 2. The number of hydrogen-bond donors (Lipinski definition) is 1. The number of aliphatic hydroxyl groups excluding tert-OH is 1. The Morgan fingerprint density at radius 1 is 1.47 bits per heavy atom. The van der Waals surface area contributed by atoms with Gasteiger partial charge in [0.15, 0.2) is 0 Å². The van der Waals surface area contributed by atoms with E-state index in [1.54, 1.807) is 0 Å². The summed E-state index contributed by atoms with van der Waals surface area (Å²) in [6.45, 7) is 6.69. The van der Waals surface area contributed by atoms with Crippen LogP contribution in [0.3, 0.4) is 0 Å². The van der Waals surface area contributed by atoms with Gasteiger partial charge in [0.2, 0.25) is 0 Å². The lowest BCUT2D eigenvalue weighted by atomic mass is 9.68. The predicted molar refractivity (Wildman–Crippen MR) is 60.4 cm³/mol. The van der Waals surface area contributed by atoms with E-state index in [9.17, 15) is 5.11 Å². The molecule has 0 aromatic heterocycles. The maximum atomic E-state index is 9.69. The molecule has 0 spiro atoms. The van der Waals surface area contributed by atoms with Gasteiger partial charge in [-0.3, -0.25) is 0 Å². The summed E-state index contributed by atoms with van der Waals surface area (Å²) in [6.07, 6.45) is 3.31. The molecule has 1 saturated carbocycles. The van der Waals surface area contributed by atoms with Crippen molar-refractivity contribution in [1.29, 1.82) is 0 Å². The fourth-order valence-corrected chi connectivity index (χ4v) is 2.32. The number of rotatable bonds is 3. The van der Waals surface area contributed by atoms with Gasteiger partial charge in [-0.05, 0) is 36.1 Å². The van der Waals surface area contributed by atoms with Gasteiger partial charge in [-0.2, -0.15) is 0 Å². The van der Waals surface area contributed by atoms with Crippen LogP contribution < -0.4 is 0 Å². The van der Waals surface area contributed by atoms with Crippen molar-refractivity contribution < 1.29 is 5.11 Å². The summed E-state index contributed by atoms with van der Waals surface area (Å²) in [5.41, 5.74) is 8.71. The fourth-order valence-electron chi connectivity index (χ4n) is 2.32. The number of aliphatic hydroxyl groups is 1. The molecule has 0 saturated heterocycles. The molecule has 1 N–H and O–H groups in total. The van der Waals surface area contributed by atoms with Gasteiger partial charge in [0, 0.05) is 4.91 Å². The molecule has 0 aromatic rings. The van der Waals surface area contributed by atoms with E-state index < -0.39 is 6.10 Å². The zero-order valence-corrected chi connectivity index (χ0v) is 9.85. The SMILES string of the molecule is CCC(C)(C)C1CCC(O)C(N=[N+]=[N-])C1. The van der Waals surface area contributed by atoms with Crippen LogP contribution in [0.1, 0.15) is 46.5 Å². The molecule has 0 amide bonds. The standard InChI is InChI=1S/C11H21N3O/c1-4-11(2,3)8-5-6-10(15)9(7-8)13-14-12/h8-10,15H,4-7H2,1-3H3. The van der Waals surface area contributed by atoms with Crippen molar-refractivity contribution >= 4 is 0 Å². The monoisotopic (exact) mass is 211 g/mol. The van der Waals surface area contributed by atoms with Gasteiger partial charge < -0.3 is 5.11 Å². The summed E-state index contributed by atoms with van der Waals surface area (Å²) in [6, 6.07) is -0.223. The molecule has 3 atom stereocenters. The molecule has 86 valence electrons. The van der Waals surface area contributed by atoms with Crippen LogP contribution in [0, 0.1) is 11.3 Å². The van der Waals surface area contributed by atoms with E-state index in [1.807, 2.05) is 0 Å². The van der Waals surface area contributed by atoms with Gasteiger partial charge in [0.1, 0.15) is 0 Å². The highest BCUT2D eigenvalue weighted by atomic mass is 16.3. The highest BCUT2D eigenvalue weighted by Gasteiger charge is 2.35. The van der Waals surface area contributed by atoms with Crippen molar-refractivity contribution in [2.24, 2.45) is 16.4 Å². The van der Waals surface area contributed by atoms with Crippen molar-refractivity contribution in [3.63, 3.8) is 0 Å². The third-order valence-electron chi connectivity index (χ3n) is 4.00. The minimum atomic E-state index is -0.440. The molecule has 0 radical (unpaired) electrons. The molecule has 4 heteroatoms. The summed E-state index contributed by atoms with van der Waals surface area (Å²) in [5.74, 6) is 0.557. The van der Waals surface area contributed by atoms with Crippen molar-refractivity contribution in [3.8, 4) is 0 Å². The zero-order valence-electron chi connectivity index (χ0n) is 9.85. The summed E-state index contributed by atoms with van der Waals surface area (Å²) in [5, 5.41) is 13.4. The van der Waals surface area contributed by atoms with E-state index in [1.165, 1.54) is 0 Å². The minimum Gasteiger partial charge on any atom is -0.393 e. The average molecular weight is 211 g/mol. The minimum absolute atomic E-state index is 0.223. The molecular formula is C11H21N3O. The van der Waals surface area contributed by atoms with E-state index in [-0.39, 0.29) is 11.5 Å². The number of azide groups is 1. The third-order valence-corrected chi connectivity index (χ3v) is 4.00. The molecule has 4 nitrogen and oxygen atoms in total. The lowest BCUT2D eigenvalue weighted by Gasteiger charge is -2.40. The first-order valence-electron chi connectivity index (χ1n) is 5.73. The fraction of sp³-hybridized carbons (Fsp3) is 1.00. The molecule has 0 bridgehead atoms. The molecule has 1 rings (SSSR count). The van der Waals surface area contributed by atoms with Crippen LogP contribution >= 0.6 is 0 Å². The third kappa shape index (κ3) is 2.86. The van der Waals surface area contributed by atoms with Crippen LogP contribution in [0.5, 0.6) is 0 Å². The Morgan fingerprint density at radius 2 is 2.13 bits per heavy atom. The Kier molecular flexibility index (Phi) is 4.00. The van der Waals surface area contributed by atoms with Crippen LogP contribution in [-0.2, 0) is 0 Å². The van der Waals surface area contributed by atoms with Crippen molar-refractivity contribution in [1.82, 2.24) is 0 Å². The van der Waals surface area contributed by atoms with E-state index in [4.69, 9.17) is 5.53 Å². The van der Waals surface area contributed by atoms with E-state index in [2.05, 4.69) is 30.8 Å². The summed E-state index contributed by atoms with van der Waals surface area (Å²) in [7, 11) is 0. The Labute approximate surface area is 91.3 Å². The van der Waals surface area contributed by atoms with Gasteiger partial charge in [0.25, 0.3) is 0 Å². The number of nitrogens with zero attached hydrogens (tertiary/aromatic N) is 3. The van der Waals surface area contributed by atoms with E-state index >= 15 is 0 Å². The highest BCUT2D eigenvalue weighted by Crippen LogP contribution is 2.41. The van der Waals surface area contributed by atoms with Crippen molar-refractivity contribution in [2.75, 3.05) is 0 Å². The summed E-state index contributed by atoms with van der Waals surface area (Å²) < 4.78 is 0. The molecule has 1 fully saturated rings. The first-order valence-corrected chi connectivity index (χ1v) is 5.73. The molecule has 15 heavy (non-hydrogen) atoms. The first kappa shape index (κ1) is 12.3. The highest BCUT2D eigenvalue weighted by molar-refractivity contribution is 4.90. The van der Waals surface area contributed by atoms with Gasteiger partial charge in [0.05, 0.1) is 12.1 Å². The second-order valence-electron chi connectivity index (χ2n) is 5.19.